The van der Waals surface area contributed by atoms with Crippen LogP contribution in [0.1, 0.15) is 37.2 Å². The quantitative estimate of drug-likeness (QED) is 0.867. The lowest BCUT2D eigenvalue weighted by molar-refractivity contribution is 0.0551. The number of nitrogens with zero attached hydrogens (tertiary/aromatic N) is 1. The number of rotatable bonds is 2. The molecular weight excluding hydrogens is 348 g/mol. The van der Waals surface area contributed by atoms with E-state index in [9.17, 15) is 13.2 Å². The van der Waals surface area contributed by atoms with Crippen molar-refractivity contribution >= 4 is 31.9 Å². The molecule has 8 heteroatoms. The maximum atomic E-state index is 12.4. The normalized spacial score (nSPS) is 19.1. The molecule has 112 valence electrons. The van der Waals surface area contributed by atoms with Crippen LogP contribution in [0.4, 0.5) is 0 Å². The van der Waals surface area contributed by atoms with Gasteiger partial charge in [0, 0.05) is 19.2 Å². The highest BCUT2D eigenvalue weighted by molar-refractivity contribution is 9.10. The van der Waals surface area contributed by atoms with Crippen LogP contribution >= 0.6 is 15.9 Å². The number of sulfonamides is 1. The van der Waals surface area contributed by atoms with Gasteiger partial charge in [0.25, 0.3) is 5.91 Å². The van der Waals surface area contributed by atoms with Crippen LogP contribution in [-0.4, -0.2) is 32.3 Å². The summed E-state index contributed by atoms with van der Waals surface area (Å²) in [5.41, 5.74) is 0.0561. The van der Waals surface area contributed by atoms with Crippen molar-refractivity contribution in [2.24, 2.45) is 10.6 Å². The van der Waals surface area contributed by atoms with Gasteiger partial charge in [-0.25, -0.2) is 13.6 Å². The van der Waals surface area contributed by atoms with Crippen molar-refractivity contribution in [2.45, 2.75) is 31.6 Å². The second kappa shape index (κ2) is 5.16. The average Bonchev–Trinajstić information content (AvgIpc) is 2.68. The average molecular weight is 365 g/mol. The molecule has 1 fully saturated rings. The molecular formula is C12H17BrN2O4S. The number of primary sulfonamides is 1. The lowest BCUT2D eigenvalue weighted by atomic mass is 9.84. The third kappa shape index (κ3) is 3.24. The molecule has 1 aliphatic rings. The van der Waals surface area contributed by atoms with E-state index in [1.807, 2.05) is 0 Å². The van der Waals surface area contributed by atoms with Crippen molar-refractivity contribution in [3.05, 3.63) is 16.5 Å². The lowest BCUT2D eigenvalue weighted by Gasteiger charge is -2.37. The van der Waals surface area contributed by atoms with Crippen LogP contribution in [0.3, 0.4) is 0 Å². The van der Waals surface area contributed by atoms with Crippen molar-refractivity contribution in [3.8, 4) is 0 Å². The number of likely N-dealkylation sites (tertiary alicyclic amines) is 1. The largest absolute Gasteiger partial charge is 0.443 e. The van der Waals surface area contributed by atoms with Crippen molar-refractivity contribution in [1.82, 2.24) is 4.90 Å². The number of nitrogens with two attached hydrogens (primary N) is 1. The number of hydrogen-bond donors (Lipinski definition) is 1. The molecule has 0 radical (unpaired) electrons. The minimum absolute atomic E-state index is 0.0152. The first-order valence-corrected chi connectivity index (χ1v) is 8.55. The molecule has 20 heavy (non-hydrogen) atoms. The molecule has 0 atom stereocenters. The molecule has 0 saturated carbocycles. The first-order chi connectivity index (χ1) is 9.10. The summed E-state index contributed by atoms with van der Waals surface area (Å²) in [5, 5.41) is 5.05. The molecule has 1 aromatic heterocycles. The number of carbonyl (C=O) groups is 1. The summed E-state index contributed by atoms with van der Waals surface area (Å²) in [6.07, 6.45) is 1.98. The Balaban J connectivity index is 2.26. The zero-order chi connectivity index (χ0) is 15.1. The van der Waals surface area contributed by atoms with Crippen LogP contribution in [-0.2, 0) is 10.0 Å². The Hall–Kier alpha value is -0.860. The van der Waals surface area contributed by atoms with Crippen molar-refractivity contribution in [1.29, 1.82) is 0 Å². The van der Waals surface area contributed by atoms with Gasteiger partial charge < -0.3 is 9.32 Å². The molecule has 1 amide bonds. The van der Waals surface area contributed by atoms with E-state index >= 15 is 0 Å². The molecule has 2 N–H and O–H groups in total. The number of carbonyl (C=O) groups excluding carboxylic acids is 1. The third-order valence-electron chi connectivity index (χ3n) is 3.36. The van der Waals surface area contributed by atoms with Gasteiger partial charge in [-0.1, -0.05) is 13.8 Å². The van der Waals surface area contributed by atoms with Crippen LogP contribution in [0.15, 0.2) is 20.0 Å². The van der Waals surface area contributed by atoms with Gasteiger partial charge in [-0.3, -0.25) is 4.79 Å². The number of amides is 1. The topological polar surface area (TPSA) is 93.6 Å². The van der Waals surface area contributed by atoms with Crippen LogP contribution in [0, 0.1) is 5.41 Å². The van der Waals surface area contributed by atoms with Crippen molar-refractivity contribution in [3.63, 3.8) is 0 Å². The molecule has 2 rings (SSSR count). The number of piperidine rings is 1. The fourth-order valence-electron chi connectivity index (χ4n) is 2.40. The van der Waals surface area contributed by atoms with Gasteiger partial charge in [-0.05, 0) is 34.2 Å². The Morgan fingerprint density at radius 3 is 2.65 bits per heavy atom. The summed E-state index contributed by atoms with van der Waals surface area (Å²) in [5.74, 6) is -0.327. The van der Waals surface area contributed by atoms with E-state index in [1.165, 1.54) is 6.07 Å². The summed E-state index contributed by atoms with van der Waals surface area (Å²) in [6.45, 7) is 5.46. The highest BCUT2D eigenvalue weighted by Gasteiger charge is 2.32. The van der Waals surface area contributed by atoms with Crippen LogP contribution < -0.4 is 5.14 Å². The van der Waals surface area contributed by atoms with E-state index in [-0.39, 0.29) is 26.6 Å². The minimum atomic E-state index is -3.91. The number of furan rings is 1. The van der Waals surface area contributed by atoms with Crippen molar-refractivity contribution in [2.75, 3.05) is 13.1 Å². The summed E-state index contributed by atoms with van der Waals surface area (Å²) >= 11 is 2.97. The minimum Gasteiger partial charge on any atom is -0.443 e. The monoisotopic (exact) mass is 364 g/mol. The van der Waals surface area contributed by atoms with Gasteiger partial charge in [0.15, 0.2) is 10.4 Å². The van der Waals surface area contributed by atoms with E-state index in [4.69, 9.17) is 9.56 Å². The Morgan fingerprint density at radius 1 is 1.50 bits per heavy atom. The molecule has 0 bridgehead atoms. The lowest BCUT2D eigenvalue weighted by Crippen LogP contribution is -2.43. The maximum absolute atomic E-state index is 12.4. The molecule has 1 saturated heterocycles. The zero-order valence-corrected chi connectivity index (χ0v) is 13.8. The Morgan fingerprint density at radius 2 is 2.15 bits per heavy atom. The van der Waals surface area contributed by atoms with E-state index in [1.54, 1.807) is 4.90 Å². The summed E-state index contributed by atoms with van der Waals surface area (Å²) in [6, 6.07) is 1.17. The van der Waals surface area contributed by atoms with Gasteiger partial charge in [-0.15, -0.1) is 0 Å². The molecule has 1 aromatic rings. The second-order valence-electron chi connectivity index (χ2n) is 5.79. The maximum Gasteiger partial charge on any atom is 0.289 e. The zero-order valence-electron chi connectivity index (χ0n) is 11.3. The smallest absolute Gasteiger partial charge is 0.289 e. The summed E-state index contributed by atoms with van der Waals surface area (Å²) in [4.78, 5) is 13.8. The van der Waals surface area contributed by atoms with Gasteiger partial charge >= 0.3 is 0 Å². The van der Waals surface area contributed by atoms with Gasteiger partial charge in [0.2, 0.25) is 10.0 Å². The van der Waals surface area contributed by atoms with E-state index in [0.29, 0.717) is 13.1 Å². The van der Waals surface area contributed by atoms with Gasteiger partial charge in [0.1, 0.15) is 4.90 Å². The molecule has 0 aromatic carbocycles. The van der Waals surface area contributed by atoms with Gasteiger partial charge in [0.05, 0.1) is 0 Å². The van der Waals surface area contributed by atoms with E-state index in [0.717, 1.165) is 12.8 Å². The van der Waals surface area contributed by atoms with E-state index < -0.39 is 10.0 Å². The predicted octanol–water partition coefficient (Wildman–Crippen LogP) is 1.95. The molecule has 0 unspecified atom stereocenters. The highest BCUT2D eigenvalue weighted by Crippen LogP contribution is 2.31. The standard InChI is InChI=1S/C12H17BrN2O4S/c1-12(2)4-3-5-15(7-12)11(16)8-6-9(10(13)19-8)20(14,17)18/h6H,3-5,7H2,1-2H3,(H2,14,17,18). The highest BCUT2D eigenvalue weighted by atomic mass is 79.9. The van der Waals surface area contributed by atoms with Crippen LogP contribution in [0.2, 0.25) is 0 Å². The summed E-state index contributed by atoms with van der Waals surface area (Å²) in [7, 11) is -3.91. The first-order valence-electron chi connectivity index (χ1n) is 6.22. The SMILES string of the molecule is CC1(C)CCCN(C(=O)c2cc(S(N)(=O)=O)c(Br)o2)C1. The summed E-state index contributed by atoms with van der Waals surface area (Å²) < 4.78 is 27.8. The molecule has 1 aliphatic heterocycles. The molecule has 0 aliphatic carbocycles. The van der Waals surface area contributed by atoms with E-state index in [2.05, 4.69) is 29.8 Å². The Kier molecular flexibility index (Phi) is 4.01. The fraction of sp³-hybridized carbons (Fsp3) is 0.583. The predicted molar refractivity (Wildman–Crippen MR) is 76.7 cm³/mol. The second-order valence-corrected chi connectivity index (χ2v) is 8.04. The third-order valence-corrected chi connectivity index (χ3v) is 5.13. The Labute approximate surface area is 126 Å². The number of halogens is 1. The fourth-order valence-corrected chi connectivity index (χ4v) is 3.91. The van der Waals surface area contributed by atoms with Crippen LogP contribution in [0.5, 0.6) is 0 Å². The molecule has 0 spiro atoms. The Bertz CT molecular complexity index is 636. The van der Waals surface area contributed by atoms with Gasteiger partial charge in [-0.2, -0.15) is 0 Å². The van der Waals surface area contributed by atoms with Crippen LogP contribution in [0.25, 0.3) is 0 Å². The number of hydrogen-bond acceptors (Lipinski definition) is 4. The van der Waals surface area contributed by atoms with Crippen molar-refractivity contribution < 1.29 is 17.6 Å². The first kappa shape index (κ1) is 15.5. The molecule has 6 nitrogen and oxygen atoms in total. The molecule has 2 heterocycles.